The molecule has 0 aliphatic heterocycles. The van der Waals surface area contributed by atoms with Gasteiger partial charge in [0.15, 0.2) is 0 Å². The average Bonchev–Trinajstić information content (AvgIpc) is 3.20. The highest BCUT2D eigenvalue weighted by Crippen LogP contribution is 2.33. The third-order valence-corrected chi connectivity index (χ3v) is 6.50. The smallest absolute Gasteiger partial charge is 0.407 e. The van der Waals surface area contributed by atoms with Crippen molar-refractivity contribution in [1.82, 2.24) is 15.3 Å². The van der Waals surface area contributed by atoms with E-state index in [-0.39, 0.29) is 18.1 Å². The van der Waals surface area contributed by atoms with Crippen molar-refractivity contribution in [2.24, 2.45) is 0 Å². The number of anilines is 1. The molecule has 1 fully saturated rings. The first-order chi connectivity index (χ1) is 16.2. The quantitative estimate of drug-likeness (QED) is 0.456. The summed E-state index contributed by atoms with van der Waals surface area (Å²) in [7, 11) is 0. The zero-order chi connectivity index (χ0) is 24.3. The van der Waals surface area contributed by atoms with Crippen LogP contribution in [0.25, 0.3) is 10.2 Å². The second kappa shape index (κ2) is 10.1. The fraction of sp³-hybridized carbons (Fsp3) is 0.417. The molecule has 1 aromatic carbocycles. The Kier molecular flexibility index (Phi) is 7.23. The molecule has 0 unspecified atom stereocenters. The first-order valence-corrected chi connectivity index (χ1v) is 12.4. The van der Waals surface area contributed by atoms with Crippen LogP contribution in [-0.2, 0) is 4.74 Å². The summed E-state index contributed by atoms with van der Waals surface area (Å²) in [5, 5.41) is 8.10. The molecule has 8 nitrogen and oxygen atoms in total. The summed E-state index contributed by atoms with van der Waals surface area (Å²) < 4.78 is 12.4. The summed E-state index contributed by atoms with van der Waals surface area (Å²) in [5.74, 6) is 0.262. The van der Waals surface area contributed by atoms with Crippen LogP contribution in [0.5, 0.6) is 5.75 Å². The number of halogens is 1. The number of hydrogen-bond donors (Lipinski definition) is 2. The number of fused-ring (bicyclic) bond motifs is 1. The molecule has 4 rings (SSSR count). The number of nitrogens with one attached hydrogen (secondary N) is 2. The second-order valence-electron chi connectivity index (χ2n) is 9.22. The minimum absolute atomic E-state index is 0.0387. The number of carbonyl (C=O) groups excluding carboxylic acids is 2. The third kappa shape index (κ3) is 6.15. The standard InChI is InChI=1S/C24H27ClN4O4S/c1-24(2,3)33-23(31)28-15-5-7-16(8-6-15)32-19-9-4-14(25)10-18(19)29-22(30)17-12-34-20-11-26-13-27-21(17)20/h4,9-13,15-16H,5-8H2,1-3H3,(H,28,31)(H,29,30). The largest absolute Gasteiger partial charge is 0.488 e. The van der Waals surface area contributed by atoms with Crippen LogP contribution in [0.1, 0.15) is 56.8 Å². The van der Waals surface area contributed by atoms with Gasteiger partial charge in [-0.25, -0.2) is 14.8 Å². The summed E-state index contributed by atoms with van der Waals surface area (Å²) in [6.45, 7) is 5.52. The lowest BCUT2D eigenvalue weighted by molar-refractivity contribution is 0.0471. The number of amides is 2. The van der Waals surface area contributed by atoms with E-state index < -0.39 is 11.7 Å². The van der Waals surface area contributed by atoms with Gasteiger partial charge in [-0.1, -0.05) is 11.6 Å². The van der Waals surface area contributed by atoms with Crippen molar-refractivity contribution in [2.45, 2.75) is 64.2 Å². The molecule has 2 amide bonds. The van der Waals surface area contributed by atoms with Crippen molar-refractivity contribution in [3.8, 4) is 5.75 Å². The molecule has 2 heterocycles. The van der Waals surface area contributed by atoms with Gasteiger partial charge in [0.05, 0.1) is 27.6 Å². The molecule has 10 heteroatoms. The highest BCUT2D eigenvalue weighted by Gasteiger charge is 2.26. The van der Waals surface area contributed by atoms with Gasteiger partial charge in [-0.15, -0.1) is 11.3 Å². The van der Waals surface area contributed by atoms with Crippen LogP contribution in [0.2, 0.25) is 5.02 Å². The van der Waals surface area contributed by atoms with Crippen molar-refractivity contribution in [3.05, 3.63) is 46.7 Å². The van der Waals surface area contributed by atoms with Gasteiger partial charge in [0, 0.05) is 22.6 Å². The number of alkyl carbamates (subject to hydrolysis) is 1. The number of rotatable bonds is 5. The Hall–Kier alpha value is -2.91. The number of thiophene rings is 1. The van der Waals surface area contributed by atoms with Gasteiger partial charge >= 0.3 is 6.09 Å². The SMILES string of the molecule is CC(C)(C)OC(=O)NC1CCC(Oc2ccc(Cl)cc2NC(=O)c2csc3cncnc23)CC1. The molecule has 0 radical (unpaired) electrons. The summed E-state index contributed by atoms with van der Waals surface area (Å²) in [6.07, 6.45) is 5.76. The number of hydrogen-bond acceptors (Lipinski definition) is 7. The van der Waals surface area contributed by atoms with Crippen LogP contribution in [0, 0.1) is 0 Å². The highest BCUT2D eigenvalue weighted by atomic mass is 35.5. The highest BCUT2D eigenvalue weighted by molar-refractivity contribution is 7.17. The molecule has 0 spiro atoms. The Labute approximate surface area is 207 Å². The molecule has 1 aliphatic rings. The number of aromatic nitrogens is 2. The van der Waals surface area contributed by atoms with Crippen molar-refractivity contribution in [3.63, 3.8) is 0 Å². The van der Waals surface area contributed by atoms with Crippen LogP contribution in [0.3, 0.4) is 0 Å². The Morgan fingerprint density at radius 1 is 1.18 bits per heavy atom. The Morgan fingerprint density at radius 3 is 2.68 bits per heavy atom. The second-order valence-corrected chi connectivity index (χ2v) is 10.6. The number of ether oxygens (including phenoxy) is 2. The lowest BCUT2D eigenvalue weighted by Crippen LogP contribution is -2.42. The Morgan fingerprint density at radius 2 is 1.94 bits per heavy atom. The predicted molar refractivity (Wildman–Crippen MR) is 133 cm³/mol. The zero-order valence-corrected chi connectivity index (χ0v) is 20.8. The van der Waals surface area contributed by atoms with E-state index >= 15 is 0 Å². The maximum Gasteiger partial charge on any atom is 0.407 e. The predicted octanol–water partition coefficient (Wildman–Crippen LogP) is 5.81. The molecular weight excluding hydrogens is 476 g/mol. The molecule has 180 valence electrons. The van der Waals surface area contributed by atoms with Crippen LogP contribution in [-0.4, -0.2) is 39.7 Å². The van der Waals surface area contributed by atoms with E-state index in [1.54, 1.807) is 29.8 Å². The van der Waals surface area contributed by atoms with E-state index in [1.165, 1.54) is 17.7 Å². The number of nitrogens with zero attached hydrogens (tertiary/aromatic N) is 2. The molecule has 2 aromatic heterocycles. The normalized spacial score (nSPS) is 18.4. The molecule has 34 heavy (non-hydrogen) atoms. The maximum absolute atomic E-state index is 13.0. The number of carbonyl (C=O) groups is 2. The lowest BCUT2D eigenvalue weighted by atomic mass is 9.93. The minimum atomic E-state index is -0.526. The van der Waals surface area contributed by atoms with Gasteiger partial charge in [0.1, 0.15) is 17.7 Å². The molecular formula is C24H27ClN4O4S. The van der Waals surface area contributed by atoms with Crippen LogP contribution in [0.4, 0.5) is 10.5 Å². The molecule has 1 aliphatic carbocycles. The van der Waals surface area contributed by atoms with Crippen molar-refractivity contribution in [2.75, 3.05) is 5.32 Å². The van der Waals surface area contributed by atoms with Crippen molar-refractivity contribution < 1.29 is 19.1 Å². The van der Waals surface area contributed by atoms with Gasteiger partial charge in [0.25, 0.3) is 5.91 Å². The van der Waals surface area contributed by atoms with E-state index in [4.69, 9.17) is 21.1 Å². The molecule has 0 saturated heterocycles. The molecule has 2 N–H and O–H groups in total. The average molecular weight is 503 g/mol. The summed E-state index contributed by atoms with van der Waals surface area (Å²) in [5.41, 5.74) is 1.06. The molecule has 3 aromatic rings. The van der Waals surface area contributed by atoms with Crippen LogP contribution >= 0.6 is 22.9 Å². The summed E-state index contributed by atoms with van der Waals surface area (Å²) in [6, 6.07) is 5.22. The zero-order valence-electron chi connectivity index (χ0n) is 19.3. The first kappa shape index (κ1) is 24.2. The molecule has 0 atom stereocenters. The third-order valence-electron chi connectivity index (χ3n) is 5.36. The fourth-order valence-corrected chi connectivity index (χ4v) is 4.85. The number of benzene rings is 1. The topological polar surface area (TPSA) is 102 Å². The van der Waals surface area contributed by atoms with E-state index in [9.17, 15) is 9.59 Å². The Balaban J connectivity index is 1.38. The van der Waals surface area contributed by atoms with Gasteiger partial charge < -0.3 is 20.1 Å². The van der Waals surface area contributed by atoms with Gasteiger partial charge in [-0.2, -0.15) is 0 Å². The van der Waals surface area contributed by atoms with Gasteiger partial charge in [-0.05, 0) is 64.7 Å². The van der Waals surface area contributed by atoms with Gasteiger partial charge in [0.2, 0.25) is 0 Å². The maximum atomic E-state index is 13.0. The fourth-order valence-electron chi connectivity index (χ4n) is 3.82. The van der Waals surface area contributed by atoms with Crippen molar-refractivity contribution >= 4 is 50.8 Å². The van der Waals surface area contributed by atoms with Gasteiger partial charge in [-0.3, -0.25) is 4.79 Å². The van der Waals surface area contributed by atoms with E-state index in [1.807, 2.05) is 20.8 Å². The Bertz CT molecular complexity index is 1190. The van der Waals surface area contributed by atoms with E-state index in [2.05, 4.69) is 20.6 Å². The first-order valence-electron chi connectivity index (χ1n) is 11.1. The van der Waals surface area contributed by atoms with E-state index in [0.717, 1.165) is 30.4 Å². The van der Waals surface area contributed by atoms with Crippen molar-refractivity contribution in [1.29, 1.82) is 0 Å². The summed E-state index contributed by atoms with van der Waals surface area (Å²) >= 11 is 7.61. The van der Waals surface area contributed by atoms with Crippen LogP contribution < -0.4 is 15.4 Å². The molecule has 0 bridgehead atoms. The monoisotopic (exact) mass is 502 g/mol. The lowest BCUT2D eigenvalue weighted by Gasteiger charge is -2.30. The van der Waals surface area contributed by atoms with E-state index in [0.29, 0.717) is 27.5 Å². The molecule has 1 saturated carbocycles. The summed E-state index contributed by atoms with van der Waals surface area (Å²) in [4.78, 5) is 33.2. The van der Waals surface area contributed by atoms with Crippen LogP contribution in [0.15, 0.2) is 36.1 Å². The minimum Gasteiger partial charge on any atom is -0.488 e.